The lowest BCUT2D eigenvalue weighted by Crippen LogP contribution is -2.36. The Labute approximate surface area is 168 Å². The second kappa shape index (κ2) is 8.57. The number of fused-ring (bicyclic) bond motifs is 1. The van der Waals surface area contributed by atoms with Crippen LogP contribution in [0, 0.1) is 15.6 Å². The summed E-state index contributed by atoms with van der Waals surface area (Å²) >= 11 is 0. The summed E-state index contributed by atoms with van der Waals surface area (Å²) < 4.78 is 5.08. The first kappa shape index (κ1) is 20.7. The van der Waals surface area contributed by atoms with Crippen LogP contribution < -0.4 is 20.3 Å². The molecule has 0 spiro atoms. The van der Waals surface area contributed by atoms with Gasteiger partial charge in [0.1, 0.15) is 11.8 Å². The molecule has 0 saturated carbocycles. The number of hydroxylamine groups is 2. The minimum atomic E-state index is -1.98. The standard InChI is InChI=1S/C18H15N5O7/c1-30-15-5-3-2-4-12(15)21-18(25)17(24)16(23(28)29)14-9-19-11-7-6-10(22(26)27)8-13(11)20-14/h2-9,16,28H,1H3,(H2-,19,20,21,24,25,26,27)/q-2. The number of carbonyl (C=O) groups excluding carboxylic acids is 2. The Kier molecular flexibility index (Phi) is 5.92. The molecular formula is C18H15N5O7-2. The molecule has 3 N–H and O–H groups in total. The maximum absolute atomic E-state index is 12.6. The number of nitrogens with one attached hydrogen (secondary N) is 2. The molecule has 12 heteroatoms. The van der Waals surface area contributed by atoms with E-state index >= 15 is 0 Å². The van der Waals surface area contributed by atoms with Gasteiger partial charge in [-0.05, 0) is 18.2 Å². The fraction of sp³-hybridized carbons (Fsp3) is 0.111. The molecule has 1 amide bonds. The second-order valence-corrected chi connectivity index (χ2v) is 6.02. The summed E-state index contributed by atoms with van der Waals surface area (Å²) in [4.78, 5) is 31.0. The normalized spacial score (nSPS) is 11.9. The summed E-state index contributed by atoms with van der Waals surface area (Å²) in [6.07, 6.45) is 1.08. The van der Waals surface area contributed by atoms with Gasteiger partial charge in [-0.3, -0.25) is 14.6 Å². The number of Topliss-reactive ketones (excluding diaryl/α,β-unsaturated/α-hetero) is 1. The van der Waals surface area contributed by atoms with Crippen LogP contribution in [-0.4, -0.2) is 39.2 Å². The van der Waals surface area contributed by atoms with E-state index in [4.69, 9.17) is 4.74 Å². The molecule has 12 nitrogen and oxygen atoms in total. The molecule has 156 valence electrons. The minimum absolute atomic E-state index is 0.131. The molecule has 0 saturated heterocycles. The second-order valence-electron chi connectivity index (χ2n) is 6.02. The number of para-hydroxylation sites is 2. The monoisotopic (exact) mass is 413 g/mol. The van der Waals surface area contributed by atoms with E-state index in [9.17, 15) is 30.4 Å². The maximum Gasteiger partial charge on any atom is 0.294 e. The summed E-state index contributed by atoms with van der Waals surface area (Å²) in [6.45, 7) is 0. The van der Waals surface area contributed by atoms with E-state index in [2.05, 4.69) is 15.3 Å². The molecule has 1 heterocycles. The number of hydrogen-bond donors (Lipinski definition) is 3. The zero-order chi connectivity index (χ0) is 21.8. The topological polar surface area (TPSA) is 180 Å². The lowest BCUT2D eigenvalue weighted by molar-refractivity contribution is -0.148. The molecule has 0 radical (unpaired) electrons. The summed E-state index contributed by atoms with van der Waals surface area (Å²) in [7, 11) is 1.37. The van der Waals surface area contributed by atoms with E-state index in [-0.39, 0.29) is 28.2 Å². The van der Waals surface area contributed by atoms with E-state index in [1.165, 1.54) is 25.3 Å². The van der Waals surface area contributed by atoms with E-state index < -0.39 is 27.9 Å². The summed E-state index contributed by atoms with van der Waals surface area (Å²) in [5.74, 6) is -2.20. The zero-order valence-corrected chi connectivity index (χ0v) is 15.4. The number of benzene rings is 2. The number of ketones is 1. The highest BCUT2D eigenvalue weighted by atomic mass is 16.8. The SMILES string of the molecule is COc1ccccc1NC(=O)C(=O)C(c1cnc2ccc(=[N+]([O-])[O-])cc-2[nH]1)N([O-])O. The van der Waals surface area contributed by atoms with Crippen LogP contribution >= 0.6 is 0 Å². The Morgan fingerprint density at radius 2 is 2.00 bits per heavy atom. The van der Waals surface area contributed by atoms with Gasteiger partial charge in [-0.1, -0.05) is 12.1 Å². The van der Waals surface area contributed by atoms with Crippen LogP contribution in [0.1, 0.15) is 11.7 Å². The number of anilines is 1. The molecule has 1 aromatic rings. The molecule has 1 aliphatic carbocycles. The Hall–Kier alpha value is -4.00. The molecule has 1 atom stereocenters. The van der Waals surface area contributed by atoms with Crippen molar-refractivity contribution >= 4 is 17.4 Å². The highest BCUT2D eigenvalue weighted by molar-refractivity contribution is 6.42. The number of aromatic amines is 1. The smallest absolute Gasteiger partial charge is 0.294 e. The first-order valence-corrected chi connectivity index (χ1v) is 8.41. The van der Waals surface area contributed by atoms with Crippen molar-refractivity contribution in [3.8, 4) is 17.1 Å². The average Bonchev–Trinajstić information content (AvgIpc) is 2.73. The van der Waals surface area contributed by atoms with Crippen LogP contribution in [0.25, 0.3) is 11.4 Å². The van der Waals surface area contributed by atoms with Gasteiger partial charge in [0, 0.05) is 18.3 Å². The molecule has 1 aliphatic heterocycles. The van der Waals surface area contributed by atoms with Gasteiger partial charge in [-0.2, -0.15) is 4.90 Å². The van der Waals surface area contributed by atoms with Crippen molar-refractivity contribution in [2.24, 2.45) is 0 Å². The highest BCUT2D eigenvalue weighted by Gasteiger charge is 2.30. The quantitative estimate of drug-likeness (QED) is 0.388. The van der Waals surface area contributed by atoms with Crippen molar-refractivity contribution in [1.29, 1.82) is 0 Å². The van der Waals surface area contributed by atoms with E-state index in [1.807, 2.05) is 0 Å². The average molecular weight is 413 g/mol. The molecule has 30 heavy (non-hydrogen) atoms. The molecular weight excluding hydrogens is 398 g/mol. The number of aromatic nitrogens is 2. The first-order valence-electron chi connectivity index (χ1n) is 8.41. The van der Waals surface area contributed by atoms with E-state index in [0.29, 0.717) is 5.69 Å². The zero-order valence-electron chi connectivity index (χ0n) is 15.4. The molecule has 0 aromatic heterocycles. The van der Waals surface area contributed by atoms with Crippen LogP contribution in [0.5, 0.6) is 5.75 Å². The molecule has 0 bridgehead atoms. The van der Waals surface area contributed by atoms with Crippen molar-refractivity contribution in [2.75, 3.05) is 12.4 Å². The lowest BCUT2D eigenvalue weighted by Gasteiger charge is -2.29. The van der Waals surface area contributed by atoms with Crippen molar-refractivity contribution in [3.63, 3.8) is 0 Å². The van der Waals surface area contributed by atoms with Crippen LogP contribution in [0.2, 0.25) is 0 Å². The minimum Gasteiger partial charge on any atom is -0.761 e. The summed E-state index contributed by atoms with van der Waals surface area (Å²) in [5, 5.41) is 44.4. The largest absolute Gasteiger partial charge is 0.761 e. The molecule has 1 unspecified atom stereocenters. The van der Waals surface area contributed by atoms with Crippen LogP contribution in [0.3, 0.4) is 0 Å². The fourth-order valence-electron chi connectivity index (χ4n) is 2.73. The summed E-state index contributed by atoms with van der Waals surface area (Å²) in [6, 6.07) is 8.06. The molecule has 2 aliphatic rings. The molecule has 3 rings (SSSR count). The van der Waals surface area contributed by atoms with Crippen molar-refractivity contribution < 1.29 is 19.5 Å². The number of hydrogen-bond acceptors (Lipinski definition) is 9. The van der Waals surface area contributed by atoms with Crippen molar-refractivity contribution in [3.05, 3.63) is 75.3 Å². The van der Waals surface area contributed by atoms with Gasteiger partial charge in [0.25, 0.3) is 5.91 Å². The number of amides is 1. The van der Waals surface area contributed by atoms with Gasteiger partial charge in [-0.15, -0.1) is 0 Å². The lowest BCUT2D eigenvalue weighted by atomic mass is 10.1. The van der Waals surface area contributed by atoms with Crippen LogP contribution in [-0.2, 0) is 9.59 Å². The summed E-state index contributed by atoms with van der Waals surface area (Å²) in [5.41, 5.74) is 0.389. The number of methoxy groups -OCH3 is 1. The Balaban J connectivity index is 1.95. The number of nitrogens with zero attached hydrogens (tertiary/aromatic N) is 3. The van der Waals surface area contributed by atoms with Gasteiger partial charge in [0.05, 0.1) is 29.9 Å². The first-order chi connectivity index (χ1) is 14.3. The third-order valence-electron chi connectivity index (χ3n) is 4.16. The van der Waals surface area contributed by atoms with E-state index in [0.717, 1.165) is 12.3 Å². The van der Waals surface area contributed by atoms with Gasteiger partial charge < -0.3 is 35.9 Å². The Morgan fingerprint density at radius 1 is 1.27 bits per heavy atom. The van der Waals surface area contributed by atoms with Crippen LogP contribution in [0.15, 0.2) is 48.7 Å². The number of H-pyrrole nitrogens is 1. The number of rotatable bonds is 6. The fourth-order valence-corrected chi connectivity index (χ4v) is 2.73. The molecule has 0 fully saturated rings. The van der Waals surface area contributed by atoms with Gasteiger partial charge in [0.2, 0.25) is 11.1 Å². The van der Waals surface area contributed by atoms with Gasteiger partial charge >= 0.3 is 0 Å². The third kappa shape index (κ3) is 4.20. The number of ether oxygens (including phenoxy) is 1. The van der Waals surface area contributed by atoms with Crippen molar-refractivity contribution in [2.45, 2.75) is 6.04 Å². The number of carbonyl (C=O) groups is 2. The Morgan fingerprint density at radius 3 is 2.67 bits per heavy atom. The van der Waals surface area contributed by atoms with Gasteiger partial charge in [-0.25, -0.2) is 5.23 Å². The highest BCUT2D eigenvalue weighted by Crippen LogP contribution is 2.25. The molecule has 1 aromatic carbocycles. The van der Waals surface area contributed by atoms with Gasteiger partial charge in [0.15, 0.2) is 0 Å². The predicted octanol–water partition coefficient (Wildman–Crippen LogP) is 0.729. The third-order valence-corrected chi connectivity index (χ3v) is 4.16. The van der Waals surface area contributed by atoms with E-state index in [1.54, 1.807) is 18.2 Å². The maximum atomic E-state index is 12.6. The predicted molar refractivity (Wildman–Crippen MR) is 104 cm³/mol. The van der Waals surface area contributed by atoms with Crippen LogP contribution in [0.4, 0.5) is 5.69 Å². The Bertz CT molecular complexity index is 1120. The van der Waals surface area contributed by atoms with Crippen molar-refractivity contribution in [1.82, 2.24) is 20.1 Å².